The van der Waals surface area contributed by atoms with E-state index in [0.717, 1.165) is 25.8 Å². The molecule has 0 amide bonds. The number of piperidine rings is 1. The van der Waals surface area contributed by atoms with Crippen LogP contribution < -0.4 is 10.0 Å². The van der Waals surface area contributed by atoms with E-state index < -0.39 is 10.0 Å². The smallest absolute Gasteiger partial charge is 0.209 e. The molecule has 0 bridgehead atoms. The van der Waals surface area contributed by atoms with Gasteiger partial charge in [0.25, 0.3) is 0 Å². The van der Waals surface area contributed by atoms with E-state index in [1.54, 1.807) is 0 Å². The van der Waals surface area contributed by atoms with E-state index in [1.165, 1.54) is 15.4 Å². The summed E-state index contributed by atoms with van der Waals surface area (Å²) in [6, 6.07) is 8.50. The Morgan fingerprint density at radius 1 is 1.45 bits per heavy atom. The number of hydrogen-bond donors (Lipinski definition) is 2. The van der Waals surface area contributed by atoms with Crippen molar-refractivity contribution < 1.29 is 8.42 Å². The molecule has 0 spiro atoms. The van der Waals surface area contributed by atoms with Crippen LogP contribution in [0.3, 0.4) is 0 Å². The monoisotopic (exact) mass is 430 g/mol. The van der Waals surface area contributed by atoms with Gasteiger partial charge in [-0.1, -0.05) is 12.1 Å². The predicted molar refractivity (Wildman–Crippen MR) is 92.9 cm³/mol. The van der Waals surface area contributed by atoms with Crippen molar-refractivity contribution in [1.82, 2.24) is 10.0 Å². The van der Waals surface area contributed by atoms with Gasteiger partial charge < -0.3 is 5.32 Å². The molecule has 0 saturated carbocycles. The first-order valence-corrected chi connectivity index (χ1v) is 9.36. The molecule has 2 N–H and O–H groups in total. The predicted octanol–water partition coefficient (Wildman–Crippen LogP) is 1.93. The van der Waals surface area contributed by atoms with Crippen molar-refractivity contribution in [1.29, 1.82) is 0 Å². The van der Waals surface area contributed by atoms with Gasteiger partial charge in [-0.2, -0.15) is 0 Å². The summed E-state index contributed by atoms with van der Waals surface area (Å²) in [5.74, 6) is 0. The number of rotatable bonds is 4. The molecule has 7 heteroatoms. The van der Waals surface area contributed by atoms with Gasteiger partial charge in [-0.05, 0) is 66.1 Å². The van der Waals surface area contributed by atoms with Crippen LogP contribution in [0, 0.1) is 3.57 Å². The van der Waals surface area contributed by atoms with Crippen LogP contribution in [0.25, 0.3) is 0 Å². The average Bonchev–Trinajstić information content (AvgIpc) is 2.30. The summed E-state index contributed by atoms with van der Waals surface area (Å²) in [5, 5.41) is 3.43. The van der Waals surface area contributed by atoms with Gasteiger partial charge in [-0.3, -0.25) is 0 Å². The molecule has 1 aliphatic rings. The first-order chi connectivity index (χ1) is 8.94. The van der Waals surface area contributed by atoms with Gasteiger partial charge in [0.2, 0.25) is 10.0 Å². The minimum Gasteiger partial charge on any atom is -0.312 e. The van der Waals surface area contributed by atoms with E-state index in [4.69, 9.17) is 0 Å². The van der Waals surface area contributed by atoms with Crippen molar-refractivity contribution in [3.8, 4) is 0 Å². The molecule has 2 atom stereocenters. The van der Waals surface area contributed by atoms with Crippen molar-refractivity contribution in [2.45, 2.75) is 31.3 Å². The second-order valence-electron chi connectivity index (χ2n) is 5.03. The third-order valence-corrected chi connectivity index (χ3v) is 4.70. The number of hydrogen-bond acceptors (Lipinski definition) is 3. The number of benzene rings is 1. The molecule has 0 aromatic heterocycles. The summed E-state index contributed by atoms with van der Waals surface area (Å²) in [7, 11) is -3.15. The lowest BCUT2D eigenvalue weighted by Crippen LogP contribution is -2.54. The van der Waals surface area contributed by atoms with Crippen LogP contribution in [-0.4, -0.2) is 33.3 Å². The van der Waals surface area contributed by atoms with Crippen molar-refractivity contribution in [2.75, 3.05) is 12.8 Å². The quantitative estimate of drug-likeness (QED) is 0.718. The molecule has 20 heavy (non-hydrogen) atoms. The van der Waals surface area contributed by atoms with Crippen LogP contribution in [0.2, 0.25) is 0 Å². The summed E-state index contributed by atoms with van der Waals surface area (Å²) in [6.07, 6.45) is 3.98. The van der Waals surface area contributed by atoms with E-state index in [9.17, 15) is 8.42 Å². The number of nitrogens with one attached hydrogen (secondary N) is 2. The van der Waals surface area contributed by atoms with Gasteiger partial charge in [0.15, 0.2) is 0 Å². The van der Waals surface area contributed by atoms with Gasteiger partial charge >= 0.3 is 0 Å². The molecular formula is C13H20ClIN2O2S. The zero-order valence-corrected chi connectivity index (χ0v) is 15.1. The Morgan fingerprint density at radius 2 is 2.20 bits per heavy atom. The zero-order chi connectivity index (χ0) is 13.9. The van der Waals surface area contributed by atoms with Crippen LogP contribution in [0.5, 0.6) is 0 Å². The number of sulfonamides is 1. The fourth-order valence-electron chi connectivity index (χ4n) is 2.50. The maximum atomic E-state index is 11.4. The van der Waals surface area contributed by atoms with Crippen molar-refractivity contribution in [2.24, 2.45) is 0 Å². The molecule has 1 fully saturated rings. The van der Waals surface area contributed by atoms with E-state index in [0.29, 0.717) is 0 Å². The summed E-state index contributed by atoms with van der Waals surface area (Å²) >= 11 is 2.30. The fourth-order valence-corrected chi connectivity index (χ4v) is 3.94. The molecule has 114 valence electrons. The molecule has 1 aromatic rings. The summed E-state index contributed by atoms with van der Waals surface area (Å²) in [6.45, 7) is 0.955. The first kappa shape index (κ1) is 18.2. The Balaban J connectivity index is 0.00000200. The second kappa shape index (κ2) is 7.93. The van der Waals surface area contributed by atoms with Gasteiger partial charge in [-0.15, -0.1) is 12.4 Å². The van der Waals surface area contributed by atoms with E-state index in [-0.39, 0.29) is 24.5 Å². The van der Waals surface area contributed by atoms with Gasteiger partial charge in [0.1, 0.15) is 0 Å². The zero-order valence-electron chi connectivity index (χ0n) is 11.3. The summed E-state index contributed by atoms with van der Waals surface area (Å²) in [5.41, 5.74) is 1.24. The molecule has 1 aliphatic heterocycles. The van der Waals surface area contributed by atoms with Crippen LogP contribution in [0.4, 0.5) is 0 Å². The molecule has 1 heterocycles. The Labute approximate surface area is 140 Å². The SMILES string of the molecule is CS(=O)(=O)N[C@@H]1CCCN[C@@H]1Cc1cccc(I)c1.Cl. The highest BCUT2D eigenvalue weighted by Gasteiger charge is 2.27. The standard InChI is InChI=1S/C13H19IN2O2S.ClH/c1-19(17,18)16-12-6-3-7-15-13(12)9-10-4-2-5-11(14)8-10;/h2,4-5,8,12-13,15-16H,3,6-7,9H2,1H3;1H/t12-,13-;/m1./s1. The van der Waals surface area contributed by atoms with Gasteiger partial charge in [-0.25, -0.2) is 13.1 Å². The maximum absolute atomic E-state index is 11.4. The van der Waals surface area contributed by atoms with Crippen molar-refractivity contribution >= 4 is 45.0 Å². The minimum absolute atomic E-state index is 0. The Morgan fingerprint density at radius 3 is 2.85 bits per heavy atom. The van der Waals surface area contributed by atoms with E-state index >= 15 is 0 Å². The van der Waals surface area contributed by atoms with Crippen LogP contribution in [0.15, 0.2) is 24.3 Å². The lowest BCUT2D eigenvalue weighted by molar-refractivity contribution is 0.329. The Hall–Kier alpha value is 0.110. The molecule has 0 aliphatic carbocycles. The third kappa shape index (κ3) is 5.85. The minimum atomic E-state index is -3.15. The van der Waals surface area contributed by atoms with E-state index in [1.807, 2.05) is 6.07 Å². The largest absolute Gasteiger partial charge is 0.312 e. The Bertz CT molecular complexity index is 539. The number of halogens is 2. The summed E-state index contributed by atoms with van der Waals surface area (Å²) in [4.78, 5) is 0. The molecule has 2 rings (SSSR count). The topological polar surface area (TPSA) is 58.2 Å². The summed E-state index contributed by atoms with van der Waals surface area (Å²) < 4.78 is 26.8. The lowest BCUT2D eigenvalue weighted by Gasteiger charge is -2.32. The second-order valence-corrected chi connectivity index (χ2v) is 8.06. The third-order valence-electron chi connectivity index (χ3n) is 3.29. The molecule has 1 aromatic carbocycles. The van der Waals surface area contributed by atoms with Gasteiger partial charge in [0, 0.05) is 15.7 Å². The molecule has 4 nitrogen and oxygen atoms in total. The molecule has 1 saturated heterocycles. The van der Waals surface area contributed by atoms with Crippen molar-refractivity contribution in [3.05, 3.63) is 33.4 Å². The highest BCUT2D eigenvalue weighted by molar-refractivity contribution is 14.1. The first-order valence-electron chi connectivity index (χ1n) is 6.39. The lowest BCUT2D eigenvalue weighted by atomic mass is 9.93. The highest BCUT2D eigenvalue weighted by Crippen LogP contribution is 2.16. The average molecular weight is 431 g/mol. The van der Waals surface area contributed by atoms with Crippen LogP contribution in [0.1, 0.15) is 18.4 Å². The van der Waals surface area contributed by atoms with Gasteiger partial charge in [0.05, 0.1) is 6.26 Å². The Kier molecular flexibility index (Phi) is 7.20. The molecule has 0 unspecified atom stereocenters. The normalized spacial score (nSPS) is 23.1. The van der Waals surface area contributed by atoms with Crippen LogP contribution >= 0.6 is 35.0 Å². The molecule has 0 radical (unpaired) electrons. The van der Waals surface area contributed by atoms with Crippen LogP contribution in [-0.2, 0) is 16.4 Å². The van der Waals surface area contributed by atoms with E-state index in [2.05, 4.69) is 50.8 Å². The fraction of sp³-hybridized carbons (Fsp3) is 0.538. The molecular weight excluding hydrogens is 411 g/mol. The maximum Gasteiger partial charge on any atom is 0.209 e. The van der Waals surface area contributed by atoms with Crippen molar-refractivity contribution in [3.63, 3.8) is 0 Å². The highest BCUT2D eigenvalue weighted by atomic mass is 127.